The van der Waals surface area contributed by atoms with Gasteiger partial charge in [0.1, 0.15) is 11.5 Å². The Hall–Kier alpha value is -3.50. The number of pyridine rings is 3. The fourth-order valence-electron chi connectivity index (χ4n) is 4.90. The van der Waals surface area contributed by atoms with Crippen molar-refractivity contribution in [1.29, 1.82) is 0 Å². The van der Waals surface area contributed by atoms with Crippen molar-refractivity contribution >= 4 is 28.2 Å². The van der Waals surface area contributed by atoms with Gasteiger partial charge in [0, 0.05) is 40.8 Å². The molecular weight excluding hydrogens is 426 g/mol. The Morgan fingerprint density at radius 1 is 0.971 bits per heavy atom. The molecule has 0 radical (unpaired) electrons. The number of fused-ring (bicyclic) bond motifs is 3. The van der Waals surface area contributed by atoms with Crippen LogP contribution in [0.2, 0.25) is 0 Å². The summed E-state index contributed by atoms with van der Waals surface area (Å²) in [6.07, 6.45) is 12.6. The van der Waals surface area contributed by atoms with Gasteiger partial charge in [-0.15, -0.1) is 0 Å². The zero-order valence-electron chi connectivity index (χ0n) is 19.2. The van der Waals surface area contributed by atoms with E-state index in [4.69, 9.17) is 4.74 Å². The van der Waals surface area contributed by atoms with E-state index in [1.807, 2.05) is 31.3 Å². The van der Waals surface area contributed by atoms with Crippen LogP contribution in [-0.2, 0) is 9.53 Å². The van der Waals surface area contributed by atoms with Crippen molar-refractivity contribution < 1.29 is 9.53 Å². The Bertz CT molecular complexity index is 1290. The minimum absolute atomic E-state index is 0.0385. The molecule has 3 aliphatic rings. The molecule has 0 spiro atoms. The number of carbonyl (C=O) groups is 1. The molecule has 5 heterocycles. The number of anilines is 2. The second kappa shape index (κ2) is 8.69. The third-order valence-electron chi connectivity index (χ3n) is 6.92. The first-order valence-corrected chi connectivity index (χ1v) is 12.1. The number of hydrogen-bond donors (Lipinski definition) is 2. The van der Waals surface area contributed by atoms with Gasteiger partial charge in [0.25, 0.3) is 0 Å². The van der Waals surface area contributed by atoms with Crippen molar-refractivity contribution in [2.75, 3.05) is 10.6 Å². The van der Waals surface area contributed by atoms with Crippen LogP contribution in [0.15, 0.2) is 36.8 Å². The van der Waals surface area contributed by atoms with Crippen LogP contribution in [0.4, 0.5) is 11.5 Å². The zero-order valence-corrected chi connectivity index (χ0v) is 19.2. The van der Waals surface area contributed by atoms with E-state index in [0.717, 1.165) is 53.4 Å². The molecule has 1 saturated carbocycles. The van der Waals surface area contributed by atoms with E-state index in [1.165, 1.54) is 12.8 Å². The zero-order chi connectivity index (χ0) is 23.1. The standard InChI is InChI=1S/C27H27N5O2/c1-16-25-15-30-26(32-27(33)17-2-3-17)12-24(25)18(13-28-16)4-5-19-6-7-20(14-29-19)31-21-10-22-8-9-23(11-21)34-22/h6-7,12-15,17,21-23,31H,2-3,8-11H2,1H3,(H,30,32,33). The summed E-state index contributed by atoms with van der Waals surface area (Å²) in [5, 5.41) is 8.37. The fraction of sp³-hybridized carbons (Fsp3) is 0.407. The summed E-state index contributed by atoms with van der Waals surface area (Å²) in [5.41, 5.74) is 3.37. The molecule has 3 fully saturated rings. The molecule has 1 aliphatic carbocycles. The molecule has 6 rings (SSSR count). The number of nitrogens with zero attached hydrogens (tertiary/aromatic N) is 3. The molecule has 3 aromatic rings. The van der Waals surface area contributed by atoms with Crippen LogP contribution in [0.3, 0.4) is 0 Å². The van der Waals surface area contributed by atoms with Crippen LogP contribution in [0.5, 0.6) is 0 Å². The Morgan fingerprint density at radius 2 is 1.79 bits per heavy atom. The van der Waals surface area contributed by atoms with Crippen LogP contribution in [0.25, 0.3) is 10.8 Å². The summed E-state index contributed by atoms with van der Waals surface area (Å²) < 4.78 is 5.93. The molecule has 1 amide bonds. The van der Waals surface area contributed by atoms with Crippen molar-refractivity contribution in [3.8, 4) is 11.8 Å². The number of hydrogen-bond acceptors (Lipinski definition) is 6. The van der Waals surface area contributed by atoms with E-state index < -0.39 is 0 Å². The highest BCUT2D eigenvalue weighted by Crippen LogP contribution is 2.34. The first-order valence-electron chi connectivity index (χ1n) is 12.1. The molecule has 3 aromatic heterocycles. The van der Waals surface area contributed by atoms with Crippen LogP contribution in [0.1, 0.15) is 55.5 Å². The van der Waals surface area contributed by atoms with E-state index in [1.54, 1.807) is 12.4 Å². The second-order valence-corrected chi connectivity index (χ2v) is 9.59. The van der Waals surface area contributed by atoms with Crippen LogP contribution in [-0.4, -0.2) is 39.1 Å². The molecule has 2 atom stereocenters. The van der Waals surface area contributed by atoms with Gasteiger partial charge >= 0.3 is 0 Å². The van der Waals surface area contributed by atoms with E-state index in [0.29, 0.717) is 29.8 Å². The molecule has 2 bridgehead atoms. The van der Waals surface area contributed by atoms with Gasteiger partial charge in [-0.05, 0) is 69.6 Å². The number of carbonyl (C=O) groups excluding carboxylic acids is 1. The maximum absolute atomic E-state index is 12.2. The Balaban J connectivity index is 1.20. The maximum atomic E-state index is 12.2. The number of aryl methyl sites for hydroxylation is 1. The summed E-state index contributed by atoms with van der Waals surface area (Å²) in [6.45, 7) is 1.95. The Morgan fingerprint density at radius 3 is 2.53 bits per heavy atom. The SMILES string of the molecule is Cc1ncc(C#Cc2ccc(NC3CC4CCC(C3)O4)cn2)c2cc(NC(=O)C3CC3)ncc12. The predicted octanol–water partition coefficient (Wildman–Crippen LogP) is 4.20. The van der Waals surface area contributed by atoms with Crippen molar-refractivity contribution in [1.82, 2.24) is 15.0 Å². The third kappa shape index (κ3) is 4.46. The lowest BCUT2D eigenvalue weighted by Crippen LogP contribution is -2.33. The summed E-state index contributed by atoms with van der Waals surface area (Å²) >= 11 is 0. The average Bonchev–Trinajstić information content (AvgIpc) is 3.64. The minimum Gasteiger partial charge on any atom is -0.381 e. The highest BCUT2D eigenvalue weighted by atomic mass is 16.5. The first-order chi connectivity index (χ1) is 16.6. The average molecular weight is 454 g/mol. The molecular formula is C27H27N5O2. The molecule has 2 aliphatic heterocycles. The normalized spacial score (nSPS) is 23.3. The first kappa shape index (κ1) is 21.1. The van der Waals surface area contributed by atoms with Gasteiger partial charge in [0.2, 0.25) is 5.91 Å². The smallest absolute Gasteiger partial charge is 0.228 e. The summed E-state index contributed by atoms with van der Waals surface area (Å²) in [5.74, 6) is 7.09. The number of ether oxygens (including phenoxy) is 1. The molecule has 172 valence electrons. The lowest BCUT2D eigenvalue weighted by atomic mass is 10.0. The Kier molecular flexibility index (Phi) is 5.39. The number of aromatic nitrogens is 3. The highest BCUT2D eigenvalue weighted by Gasteiger charge is 2.34. The van der Waals surface area contributed by atoms with Gasteiger partial charge in [-0.25, -0.2) is 9.97 Å². The fourth-order valence-corrected chi connectivity index (χ4v) is 4.90. The van der Waals surface area contributed by atoms with Gasteiger partial charge in [0.05, 0.1) is 29.7 Å². The molecule has 7 nitrogen and oxygen atoms in total. The molecule has 2 N–H and O–H groups in total. The number of nitrogens with one attached hydrogen (secondary N) is 2. The maximum Gasteiger partial charge on any atom is 0.228 e. The predicted molar refractivity (Wildman–Crippen MR) is 130 cm³/mol. The van der Waals surface area contributed by atoms with E-state index in [9.17, 15) is 4.79 Å². The second-order valence-electron chi connectivity index (χ2n) is 9.59. The van der Waals surface area contributed by atoms with E-state index in [2.05, 4.69) is 37.4 Å². The van der Waals surface area contributed by atoms with Gasteiger partial charge in [-0.2, -0.15) is 0 Å². The largest absolute Gasteiger partial charge is 0.381 e. The van der Waals surface area contributed by atoms with Crippen molar-refractivity contribution in [3.63, 3.8) is 0 Å². The number of rotatable bonds is 4. The third-order valence-corrected chi connectivity index (χ3v) is 6.92. The molecule has 2 unspecified atom stereocenters. The minimum atomic E-state index is 0.0385. The van der Waals surface area contributed by atoms with Gasteiger partial charge in [-0.3, -0.25) is 9.78 Å². The van der Waals surface area contributed by atoms with E-state index in [-0.39, 0.29) is 11.8 Å². The Labute approximate surface area is 198 Å². The molecule has 0 aromatic carbocycles. The lowest BCUT2D eigenvalue weighted by Gasteiger charge is -2.29. The molecule has 2 saturated heterocycles. The van der Waals surface area contributed by atoms with Crippen LogP contribution < -0.4 is 10.6 Å². The summed E-state index contributed by atoms with van der Waals surface area (Å²) in [7, 11) is 0. The lowest BCUT2D eigenvalue weighted by molar-refractivity contribution is -0.117. The van der Waals surface area contributed by atoms with Crippen molar-refractivity contribution in [3.05, 3.63) is 53.7 Å². The van der Waals surface area contributed by atoms with Crippen molar-refractivity contribution in [2.45, 2.75) is 63.7 Å². The van der Waals surface area contributed by atoms with Crippen molar-refractivity contribution in [2.24, 2.45) is 5.92 Å². The van der Waals surface area contributed by atoms with E-state index >= 15 is 0 Å². The topological polar surface area (TPSA) is 89.0 Å². The number of amides is 1. The van der Waals surface area contributed by atoms with Gasteiger partial charge in [0.15, 0.2) is 0 Å². The van der Waals surface area contributed by atoms with Gasteiger partial charge in [-0.1, -0.05) is 5.92 Å². The van der Waals surface area contributed by atoms with Crippen LogP contribution in [0, 0.1) is 24.7 Å². The van der Waals surface area contributed by atoms with Crippen LogP contribution >= 0.6 is 0 Å². The monoisotopic (exact) mass is 453 g/mol. The quantitative estimate of drug-likeness (QED) is 0.576. The van der Waals surface area contributed by atoms with Gasteiger partial charge < -0.3 is 15.4 Å². The molecule has 7 heteroatoms. The summed E-state index contributed by atoms with van der Waals surface area (Å²) in [6, 6.07) is 6.30. The summed E-state index contributed by atoms with van der Waals surface area (Å²) in [4.78, 5) is 25.6. The highest BCUT2D eigenvalue weighted by molar-refractivity contribution is 5.96. The molecule has 34 heavy (non-hydrogen) atoms.